The maximum atomic E-state index is 11.9. The minimum absolute atomic E-state index is 0.220. The van der Waals surface area contributed by atoms with E-state index in [2.05, 4.69) is 10.3 Å². The molecule has 0 bridgehead atoms. The van der Waals surface area contributed by atoms with Gasteiger partial charge < -0.3 is 10.4 Å². The Bertz CT molecular complexity index is 573. The topological polar surface area (TPSA) is 62.2 Å². The lowest BCUT2D eigenvalue weighted by Gasteiger charge is -2.12. The van der Waals surface area contributed by atoms with Crippen molar-refractivity contribution in [1.29, 1.82) is 0 Å². The number of aromatic nitrogens is 1. The van der Waals surface area contributed by atoms with Crippen LogP contribution in [0.1, 0.15) is 15.9 Å². The maximum Gasteiger partial charge on any atom is 0.252 e. The molecule has 5 heteroatoms. The van der Waals surface area contributed by atoms with Crippen LogP contribution in [0.3, 0.4) is 0 Å². The lowest BCUT2D eigenvalue weighted by molar-refractivity contribution is 0.0915. The van der Waals surface area contributed by atoms with E-state index in [0.717, 1.165) is 10.6 Å². The van der Waals surface area contributed by atoms with Crippen molar-refractivity contribution in [1.82, 2.24) is 10.3 Å². The van der Waals surface area contributed by atoms with Gasteiger partial charge in [-0.2, -0.15) is 0 Å². The van der Waals surface area contributed by atoms with Gasteiger partial charge in [0.1, 0.15) is 0 Å². The summed E-state index contributed by atoms with van der Waals surface area (Å²) in [6.07, 6.45) is 3.40. The molecule has 0 aliphatic rings. The molecule has 2 aromatic rings. The molecule has 1 unspecified atom stereocenters. The molecule has 1 heterocycles. The van der Waals surface area contributed by atoms with E-state index in [1.54, 1.807) is 18.3 Å². The van der Waals surface area contributed by atoms with Crippen molar-refractivity contribution >= 4 is 17.7 Å². The fourth-order valence-electron chi connectivity index (χ4n) is 1.91. The molecule has 4 nitrogen and oxygen atoms in total. The number of pyridine rings is 1. The lowest BCUT2D eigenvalue weighted by atomic mass is 10.1. The van der Waals surface area contributed by atoms with Crippen LogP contribution >= 0.6 is 11.8 Å². The molecule has 0 aliphatic carbocycles. The number of aliphatic hydroxyl groups is 1. The first-order valence-electron chi connectivity index (χ1n) is 6.69. The molecule has 1 amide bonds. The highest BCUT2D eigenvalue weighted by Gasteiger charge is 2.10. The van der Waals surface area contributed by atoms with E-state index in [-0.39, 0.29) is 12.5 Å². The smallest absolute Gasteiger partial charge is 0.252 e. The summed E-state index contributed by atoms with van der Waals surface area (Å²) in [4.78, 5) is 16.1. The third-order valence-corrected chi connectivity index (χ3v) is 3.68. The largest absolute Gasteiger partial charge is 0.391 e. The highest BCUT2D eigenvalue weighted by atomic mass is 32.2. The SMILES string of the molecule is CSc1ccc(C(=O)NCC(O)Cc2ccccc2)cn1. The van der Waals surface area contributed by atoms with E-state index in [9.17, 15) is 9.90 Å². The van der Waals surface area contributed by atoms with Crippen molar-refractivity contribution in [3.8, 4) is 0 Å². The zero-order valence-electron chi connectivity index (χ0n) is 11.8. The Balaban J connectivity index is 1.82. The quantitative estimate of drug-likeness (QED) is 0.803. The zero-order valence-corrected chi connectivity index (χ0v) is 12.6. The van der Waals surface area contributed by atoms with Crippen molar-refractivity contribution in [3.05, 3.63) is 59.8 Å². The first-order chi connectivity index (χ1) is 10.2. The zero-order chi connectivity index (χ0) is 15.1. The summed E-state index contributed by atoms with van der Waals surface area (Å²) in [6.45, 7) is 0.220. The van der Waals surface area contributed by atoms with Crippen LogP contribution in [-0.2, 0) is 6.42 Å². The number of benzene rings is 1. The maximum absolute atomic E-state index is 11.9. The minimum atomic E-state index is -0.602. The fourth-order valence-corrected chi connectivity index (χ4v) is 2.27. The molecule has 0 aliphatic heterocycles. The van der Waals surface area contributed by atoms with Crippen LogP contribution in [0.5, 0.6) is 0 Å². The number of carbonyl (C=O) groups excluding carboxylic acids is 1. The second-order valence-electron chi connectivity index (χ2n) is 4.64. The fraction of sp³-hybridized carbons (Fsp3) is 0.250. The molecule has 2 N–H and O–H groups in total. The molecule has 1 aromatic carbocycles. The van der Waals surface area contributed by atoms with Crippen molar-refractivity contribution < 1.29 is 9.90 Å². The van der Waals surface area contributed by atoms with Gasteiger partial charge in [-0.3, -0.25) is 4.79 Å². The second-order valence-corrected chi connectivity index (χ2v) is 5.47. The van der Waals surface area contributed by atoms with Crippen LogP contribution in [0.2, 0.25) is 0 Å². The van der Waals surface area contributed by atoms with Gasteiger partial charge in [-0.15, -0.1) is 11.8 Å². The molecule has 2 rings (SSSR count). The summed E-state index contributed by atoms with van der Waals surface area (Å²) >= 11 is 1.53. The average Bonchev–Trinajstić information content (AvgIpc) is 2.53. The molecule has 0 fully saturated rings. The summed E-state index contributed by atoms with van der Waals surface area (Å²) in [7, 11) is 0. The van der Waals surface area contributed by atoms with Gasteiger partial charge in [-0.05, 0) is 24.0 Å². The van der Waals surface area contributed by atoms with E-state index in [1.807, 2.05) is 36.6 Å². The van der Waals surface area contributed by atoms with Crippen LogP contribution in [0, 0.1) is 0 Å². The molecular weight excluding hydrogens is 284 g/mol. The van der Waals surface area contributed by atoms with Gasteiger partial charge in [-0.25, -0.2) is 4.98 Å². The number of rotatable bonds is 6. The molecule has 1 atom stereocenters. The molecule has 0 saturated carbocycles. The third kappa shape index (κ3) is 4.88. The number of nitrogens with zero attached hydrogens (tertiary/aromatic N) is 1. The predicted octanol–water partition coefficient (Wildman–Crippen LogP) is 2.14. The van der Waals surface area contributed by atoms with Gasteiger partial charge in [-0.1, -0.05) is 30.3 Å². The summed E-state index contributed by atoms with van der Waals surface area (Å²) in [5, 5.41) is 13.5. The lowest BCUT2D eigenvalue weighted by Crippen LogP contribution is -2.33. The van der Waals surface area contributed by atoms with Crippen LogP contribution in [-0.4, -0.2) is 34.9 Å². The first kappa shape index (κ1) is 15.5. The summed E-state index contributed by atoms with van der Waals surface area (Å²) in [5.41, 5.74) is 1.55. The number of aliphatic hydroxyl groups excluding tert-OH is 1. The molecule has 0 radical (unpaired) electrons. The van der Waals surface area contributed by atoms with Gasteiger partial charge >= 0.3 is 0 Å². The highest BCUT2D eigenvalue weighted by molar-refractivity contribution is 7.98. The van der Waals surface area contributed by atoms with Crippen molar-refractivity contribution in [2.45, 2.75) is 17.6 Å². The van der Waals surface area contributed by atoms with E-state index < -0.39 is 6.10 Å². The Morgan fingerprint density at radius 3 is 2.67 bits per heavy atom. The predicted molar refractivity (Wildman–Crippen MR) is 84.5 cm³/mol. The summed E-state index contributed by atoms with van der Waals surface area (Å²) in [6, 6.07) is 13.2. The number of carbonyl (C=O) groups is 1. The number of hydrogen-bond donors (Lipinski definition) is 2. The van der Waals surface area contributed by atoms with Crippen LogP contribution in [0.25, 0.3) is 0 Å². The van der Waals surface area contributed by atoms with Gasteiger partial charge in [0.2, 0.25) is 0 Å². The van der Waals surface area contributed by atoms with Crippen molar-refractivity contribution in [2.75, 3.05) is 12.8 Å². The Kier molecular flexibility index (Phi) is 5.78. The van der Waals surface area contributed by atoms with Crippen molar-refractivity contribution in [3.63, 3.8) is 0 Å². The second kappa shape index (κ2) is 7.81. The normalized spacial score (nSPS) is 11.9. The Morgan fingerprint density at radius 2 is 2.05 bits per heavy atom. The number of thioether (sulfide) groups is 1. The van der Waals surface area contributed by atoms with E-state index in [4.69, 9.17) is 0 Å². The van der Waals surface area contributed by atoms with Gasteiger partial charge in [0.05, 0.1) is 16.7 Å². The van der Waals surface area contributed by atoms with Gasteiger partial charge in [0, 0.05) is 19.2 Å². The Hall–Kier alpha value is -1.85. The van der Waals surface area contributed by atoms with Crippen LogP contribution in [0.4, 0.5) is 0 Å². The molecule has 1 aromatic heterocycles. The Labute approximate surface area is 128 Å². The molecule has 110 valence electrons. The monoisotopic (exact) mass is 302 g/mol. The standard InChI is InChI=1S/C16H18N2O2S/c1-21-15-8-7-13(10-17-15)16(20)18-11-14(19)9-12-5-3-2-4-6-12/h2-8,10,14,19H,9,11H2,1H3,(H,18,20). The molecule has 21 heavy (non-hydrogen) atoms. The number of amides is 1. The summed E-state index contributed by atoms with van der Waals surface area (Å²) < 4.78 is 0. The Morgan fingerprint density at radius 1 is 1.29 bits per heavy atom. The average molecular weight is 302 g/mol. The number of hydrogen-bond acceptors (Lipinski definition) is 4. The van der Waals surface area contributed by atoms with Gasteiger partial charge in [0.15, 0.2) is 0 Å². The third-order valence-electron chi connectivity index (χ3n) is 3.02. The highest BCUT2D eigenvalue weighted by Crippen LogP contribution is 2.11. The minimum Gasteiger partial charge on any atom is -0.391 e. The molecule has 0 saturated heterocycles. The molecular formula is C16H18N2O2S. The van der Waals surface area contributed by atoms with E-state index in [0.29, 0.717) is 12.0 Å². The van der Waals surface area contributed by atoms with E-state index >= 15 is 0 Å². The van der Waals surface area contributed by atoms with E-state index in [1.165, 1.54) is 11.8 Å². The van der Waals surface area contributed by atoms with Crippen molar-refractivity contribution in [2.24, 2.45) is 0 Å². The first-order valence-corrected chi connectivity index (χ1v) is 7.91. The van der Waals surface area contributed by atoms with Gasteiger partial charge in [0.25, 0.3) is 5.91 Å². The summed E-state index contributed by atoms with van der Waals surface area (Å²) in [5.74, 6) is -0.220. The van der Waals surface area contributed by atoms with Crippen LogP contribution in [0.15, 0.2) is 53.7 Å². The number of nitrogens with one attached hydrogen (secondary N) is 1. The van der Waals surface area contributed by atoms with Crippen LogP contribution < -0.4 is 5.32 Å². The molecule has 0 spiro atoms.